The van der Waals surface area contributed by atoms with E-state index in [1.54, 1.807) is 11.9 Å². The molecule has 0 saturated carbocycles. The van der Waals surface area contributed by atoms with Crippen LogP contribution in [0.3, 0.4) is 0 Å². The number of rotatable bonds is 18. The molecule has 0 aromatic heterocycles. The second-order valence-corrected chi connectivity index (χ2v) is 19.5. The summed E-state index contributed by atoms with van der Waals surface area (Å²) in [6.07, 6.45) is 0.759. The summed E-state index contributed by atoms with van der Waals surface area (Å²) >= 11 is 0. The number of likely N-dealkylation sites (N-methyl/N-ethyl adjacent to an activating group) is 1. The van der Waals surface area contributed by atoms with Crippen LogP contribution < -0.4 is 37.4 Å². The third-order valence-electron chi connectivity index (χ3n) is 6.11. The second-order valence-electron chi connectivity index (χ2n) is 19.5. The van der Waals surface area contributed by atoms with E-state index in [1.807, 2.05) is 118 Å². The van der Waals surface area contributed by atoms with Crippen LogP contribution in [0.25, 0.3) is 0 Å². The van der Waals surface area contributed by atoms with E-state index in [2.05, 4.69) is 31.9 Å². The van der Waals surface area contributed by atoms with Gasteiger partial charge in [-0.2, -0.15) is 0 Å². The SMILES string of the molecule is C.CC.CC(C)(C)NC(=O)CCC(=O)NO.CC(C)(C)NC(=O)CCC(=O)O.CC(C)(C)NC(=O)CCCC(=O)O.CC(C)(C)NC(=O)CNCCO.CN(CCO)CC(=O)NC(C)(C)C. The number of nitrogens with one attached hydrogen (secondary N) is 7. The van der Waals surface area contributed by atoms with E-state index in [-0.39, 0.29) is 123 Å². The summed E-state index contributed by atoms with van der Waals surface area (Å²) in [5, 5.41) is 58.4. The van der Waals surface area contributed by atoms with E-state index in [0.29, 0.717) is 26.1 Å². The molecule has 0 radical (unpaired) electrons. The molecule has 21 heteroatoms. The fourth-order valence-electron chi connectivity index (χ4n) is 4.04. The topological polar surface area (TPSA) is 325 Å². The molecule has 0 spiro atoms. The Kier molecular flexibility index (Phi) is 46.9. The molecule has 0 saturated heterocycles. The number of aliphatic hydroxyl groups is 2. The number of aliphatic carboxylic acids is 2. The molecule has 0 aromatic carbocycles. The van der Waals surface area contributed by atoms with Crippen molar-refractivity contribution in [3.8, 4) is 0 Å². The minimum absolute atomic E-state index is 0. The van der Waals surface area contributed by atoms with Crippen LogP contribution in [0, 0.1) is 0 Å². The molecular formula is C45H96N8O13. The van der Waals surface area contributed by atoms with Gasteiger partial charge in [0.15, 0.2) is 0 Å². The first kappa shape index (κ1) is 75.8. The smallest absolute Gasteiger partial charge is 0.303 e. The third kappa shape index (κ3) is 79.9. The molecule has 394 valence electrons. The highest BCUT2D eigenvalue weighted by atomic mass is 16.5. The van der Waals surface area contributed by atoms with Gasteiger partial charge in [0.25, 0.3) is 0 Å². The highest BCUT2D eigenvalue weighted by Gasteiger charge is 2.17. The summed E-state index contributed by atoms with van der Waals surface area (Å²) in [5.41, 5.74) is 0.295. The maximum Gasteiger partial charge on any atom is 0.303 e. The van der Waals surface area contributed by atoms with Gasteiger partial charge in [0.05, 0.1) is 32.7 Å². The van der Waals surface area contributed by atoms with E-state index in [9.17, 15) is 38.4 Å². The Morgan fingerprint density at radius 2 is 0.773 bits per heavy atom. The minimum Gasteiger partial charge on any atom is -0.481 e. The number of hydrogen-bond acceptors (Lipinski definition) is 13. The van der Waals surface area contributed by atoms with Crippen LogP contribution in [-0.4, -0.2) is 152 Å². The number of nitrogens with zero attached hydrogens (tertiary/aromatic N) is 1. The van der Waals surface area contributed by atoms with Crippen molar-refractivity contribution >= 4 is 47.4 Å². The number of carbonyl (C=O) groups is 8. The molecule has 66 heavy (non-hydrogen) atoms. The number of carboxylic acids is 2. The highest BCUT2D eigenvalue weighted by Crippen LogP contribution is 2.03. The average Bonchev–Trinajstić information content (AvgIpc) is 3.08. The van der Waals surface area contributed by atoms with Crippen LogP contribution in [0.2, 0.25) is 0 Å². The highest BCUT2D eigenvalue weighted by molar-refractivity contribution is 5.83. The monoisotopic (exact) mass is 957 g/mol. The molecular weight excluding hydrogens is 861 g/mol. The van der Waals surface area contributed by atoms with Gasteiger partial charge in [0.2, 0.25) is 35.4 Å². The van der Waals surface area contributed by atoms with Crippen molar-refractivity contribution in [3.05, 3.63) is 0 Å². The van der Waals surface area contributed by atoms with Crippen LogP contribution in [0.1, 0.15) is 170 Å². The van der Waals surface area contributed by atoms with Gasteiger partial charge in [0.1, 0.15) is 0 Å². The summed E-state index contributed by atoms with van der Waals surface area (Å²) in [6.45, 7) is 34.1. The molecule has 0 atom stereocenters. The van der Waals surface area contributed by atoms with Crippen LogP contribution >= 0.6 is 0 Å². The first-order valence-corrected chi connectivity index (χ1v) is 21.8. The molecule has 0 bridgehead atoms. The Balaban J connectivity index is -0.000000130. The van der Waals surface area contributed by atoms with E-state index < -0.39 is 17.8 Å². The van der Waals surface area contributed by atoms with Gasteiger partial charge in [-0.05, 0) is 117 Å². The fraction of sp³-hybridized carbons (Fsp3) is 0.822. The molecule has 0 heterocycles. The zero-order valence-electron chi connectivity index (χ0n) is 43.1. The molecule has 0 fully saturated rings. The van der Waals surface area contributed by atoms with Crippen LogP contribution in [0.15, 0.2) is 0 Å². The number of hydroxylamine groups is 1. The lowest BCUT2D eigenvalue weighted by molar-refractivity contribution is -0.139. The van der Waals surface area contributed by atoms with Crippen molar-refractivity contribution in [2.75, 3.05) is 46.4 Å². The summed E-state index contributed by atoms with van der Waals surface area (Å²) < 4.78 is 0. The van der Waals surface area contributed by atoms with Gasteiger partial charge in [-0.3, -0.25) is 48.5 Å². The Morgan fingerprint density at radius 3 is 1.09 bits per heavy atom. The van der Waals surface area contributed by atoms with Crippen molar-refractivity contribution in [2.45, 2.75) is 198 Å². The van der Waals surface area contributed by atoms with E-state index in [1.165, 1.54) is 5.48 Å². The Labute approximate surface area is 397 Å². The molecule has 0 aliphatic rings. The molecule has 6 amide bonds. The number of amides is 6. The van der Waals surface area contributed by atoms with Crippen LogP contribution in [0.4, 0.5) is 0 Å². The third-order valence-corrected chi connectivity index (χ3v) is 6.11. The molecule has 0 aliphatic carbocycles. The predicted octanol–water partition coefficient (Wildman–Crippen LogP) is 3.08. The summed E-state index contributed by atoms with van der Waals surface area (Å²) in [6, 6.07) is 0. The van der Waals surface area contributed by atoms with Crippen molar-refractivity contribution in [3.63, 3.8) is 0 Å². The lowest BCUT2D eigenvalue weighted by Crippen LogP contribution is -2.45. The summed E-state index contributed by atoms with van der Waals surface area (Å²) in [4.78, 5) is 88.2. The Morgan fingerprint density at radius 1 is 0.455 bits per heavy atom. The number of carbonyl (C=O) groups excluding carboxylic acids is 6. The second kappa shape index (κ2) is 40.8. The standard InChI is InChI=1S/C9H20N2O2.C9H17NO3.C8H16N2O3.C8H18N2O2.C8H15NO3.C2H6.CH4/c1-9(2,3)10-8(13)7-11(4)5-6-12;1-9(2,3)10-7(11)5-4-6-8(12)13;1-8(2,3)9-6(11)4-5-7(12)10-13;1-8(2,3)10-7(12)6-9-4-5-11;1-8(2,3)9-6(10)4-5-7(11)12;1-2;/h12H,5-7H2,1-4H3,(H,10,13);4-6H2,1-3H3,(H,10,11)(H,12,13);13H,4-5H2,1-3H3,(H,9,11)(H,10,12);9,11H,4-6H2,1-3H3,(H,10,12);4-5H2,1-3H3,(H,9,10)(H,11,12);1-2H3;1H4. The Hall–Kier alpha value is -4.44. The van der Waals surface area contributed by atoms with Crippen LogP contribution in [0.5, 0.6) is 0 Å². The van der Waals surface area contributed by atoms with Crippen molar-refractivity contribution in [1.82, 2.24) is 42.3 Å². The number of hydrogen-bond donors (Lipinski definition) is 12. The number of carboxylic acid groups (broad SMARTS) is 2. The van der Waals surface area contributed by atoms with E-state index >= 15 is 0 Å². The quantitative estimate of drug-likeness (QED) is 0.0534. The first-order valence-electron chi connectivity index (χ1n) is 21.8. The van der Waals surface area contributed by atoms with Gasteiger partial charge < -0.3 is 52.3 Å². The summed E-state index contributed by atoms with van der Waals surface area (Å²) in [5.74, 6) is -2.92. The molecule has 0 aromatic rings. The first-order chi connectivity index (χ1) is 29.3. The average molecular weight is 957 g/mol. The minimum atomic E-state index is -0.945. The molecule has 0 rings (SSSR count). The normalized spacial score (nSPS) is 10.8. The lowest BCUT2D eigenvalue weighted by atomic mass is 10.1. The zero-order valence-corrected chi connectivity index (χ0v) is 43.1. The lowest BCUT2D eigenvalue weighted by Gasteiger charge is -2.22. The van der Waals surface area contributed by atoms with Crippen molar-refractivity contribution < 1.29 is 64.0 Å². The van der Waals surface area contributed by atoms with E-state index in [0.717, 1.165) is 0 Å². The predicted molar refractivity (Wildman–Crippen MR) is 260 cm³/mol. The zero-order chi connectivity index (χ0) is 52.8. The maximum atomic E-state index is 11.3. The molecule has 0 unspecified atom stereocenters. The van der Waals surface area contributed by atoms with Crippen LogP contribution in [-0.2, 0) is 38.4 Å². The van der Waals surface area contributed by atoms with E-state index in [4.69, 9.17) is 25.6 Å². The Bertz CT molecular complexity index is 1350. The van der Waals surface area contributed by atoms with Gasteiger partial charge >= 0.3 is 11.9 Å². The molecule has 12 N–H and O–H groups in total. The van der Waals surface area contributed by atoms with Gasteiger partial charge in [-0.15, -0.1) is 0 Å². The fourth-order valence-corrected chi connectivity index (χ4v) is 4.04. The maximum absolute atomic E-state index is 11.3. The van der Waals surface area contributed by atoms with Gasteiger partial charge in [-0.25, -0.2) is 5.48 Å². The van der Waals surface area contributed by atoms with Crippen molar-refractivity contribution in [1.29, 1.82) is 0 Å². The van der Waals surface area contributed by atoms with Crippen molar-refractivity contribution in [2.24, 2.45) is 0 Å². The molecule has 21 nitrogen and oxygen atoms in total. The summed E-state index contributed by atoms with van der Waals surface area (Å²) in [7, 11) is 1.80. The van der Waals surface area contributed by atoms with Gasteiger partial charge in [0, 0.05) is 72.9 Å². The largest absolute Gasteiger partial charge is 0.481 e. The number of aliphatic hydroxyl groups excluding tert-OH is 2. The van der Waals surface area contributed by atoms with Gasteiger partial charge in [-0.1, -0.05) is 21.3 Å². The molecule has 0 aliphatic heterocycles.